The summed E-state index contributed by atoms with van der Waals surface area (Å²) >= 11 is 0. The van der Waals surface area contributed by atoms with Crippen molar-refractivity contribution in [1.29, 1.82) is 0 Å². The Kier molecular flexibility index (Phi) is 4.01. The molecule has 1 heterocycles. The molecular weight excluding hydrogens is 291 g/mol. The van der Waals surface area contributed by atoms with Crippen LogP contribution in [0.4, 0.5) is 24.5 Å². The van der Waals surface area contributed by atoms with Crippen LogP contribution in [-0.4, -0.2) is 36.1 Å². The van der Waals surface area contributed by atoms with E-state index < -0.39 is 23.0 Å². The number of carbonyl (C=O) groups is 1. The topological polar surface area (TPSA) is 75.5 Å². The minimum atomic E-state index is -4.92. The molecule has 0 spiro atoms. The predicted octanol–water partition coefficient (Wildman–Crippen LogP) is 1.85. The van der Waals surface area contributed by atoms with Crippen molar-refractivity contribution in [3.8, 4) is 0 Å². The van der Waals surface area contributed by atoms with Gasteiger partial charge in [-0.2, -0.15) is 13.2 Å². The molecule has 9 heteroatoms. The summed E-state index contributed by atoms with van der Waals surface area (Å²) in [4.78, 5) is 22.9. The fourth-order valence-corrected chi connectivity index (χ4v) is 2.25. The van der Waals surface area contributed by atoms with E-state index in [-0.39, 0.29) is 12.2 Å². The van der Waals surface area contributed by atoms with E-state index in [1.54, 1.807) is 11.0 Å². The van der Waals surface area contributed by atoms with Crippen LogP contribution in [0.3, 0.4) is 0 Å². The lowest BCUT2D eigenvalue weighted by atomic mass is 10.2. The second-order valence-corrected chi connectivity index (χ2v) is 4.65. The van der Waals surface area contributed by atoms with Crippen molar-refractivity contribution < 1.29 is 22.9 Å². The molecule has 1 aromatic rings. The van der Waals surface area contributed by atoms with Gasteiger partial charge in [-0.3, -0.25) is 14.9 Å². The molecule has 6 nitrogen and oxygen atoms in total. The van der Waals surface area contributed by atoms with Crippen molar-refractivity contribution in [1.82, 2.24) is 5.32 Å². The van der Waals surface area contributed by atoms with E-state index in [0.29, 0.717) is 18.7 Å². The molecule has 0 aromatic heterocycles. The molecule has 1 aromatic carbocycles. The van der Waals surface area contributed by atoms with Crippen LogP contribution in [0.25, 0.3) is 0 Å². The maximum atomic E-state index is 12.2. The smallest absolute Gasteiger partial charge is 0.364 e. The van der Waals surface area contributed by atoms with Gasteiger partial charge in [0.05, 0.1) is 4.92 Å². The van der Waals surface area contributed by atoms with Gasteiger partial charge >= 0.3 is 12.1 Å². The highest BCUT2D eigenvalue weighted by Gasteiger charge is 2.41. The molecule has 1 saturated heterocycles. The van der Waals surface area contributed by atoms with Gasteiger partial charge in [-0.1, -0.05) is 12.1 Å². The number of nitro benzene ring substituents is 1. The summed E-state index contributed by atoms with van der Waals surface area (Å²) in [5, 5.41) is 12.8. The Bertz CT molecular complexity index is 562. The average Bonchev–Trinajstić information content (AvgIpc) is 2.86. The number of para-hydroxylation sites is 2. The molecule has 0 radical (unpaired) electrons. The number of halogens is 3. The van der Waals surface area contributed by atoms with Crippen molar-refractivity contribution in [2.75, 3.05) is 18.0 Å². The first-order valence-electron chi connectivity index (χ1n) is 6.15. The molecular formula is C12H12F3N3O3. The summed E-state index contributed by atoms with van der Waals surface area (Å²) in [5.74, 6) is -1.99. The Labute approximate surface area is 117 Å². The zero-order chi connectivity index (χ0) is 15.6. The second kappa shape index (κ2) is 5.58. The van der Waals surface area contributed by atoms with Gasteiger partial charge in [-0.25, -0.2) is 0 Å². The van der Waals surface area contributed by atoms with Crippen molar-refractivity contribution >= 4 is 17.3 Å². The largest absolute Gasteiger partial charge is 0.471 e. The number of nitro groups is 1. The van der Waals surface area contributed by atoms with Crippen molar-refractivity contribution in [2.45, 2.75) is 18.6 Å². The Morgan fingerprint density at radius 3 is 2.67 bits per heavy atom. The van der Waals surface area contributed by atoms with E-state index >= 15 is 0 Å². The molecule has 1 atom stereocenters. The molecule has 21 heavy (non-hydrogen) atoms. The van der Waals surface area contributed by atoms with E-state index in [2.05, 4.69) is 0 Å². The van der Waals surface area contributed by atoms with Gasteiger partial charge in [-0.05, 0) is 12.5 Å². The van der Waals surface area contributed by atoms with E-state index in [0.717, 1.165) is 0 Å². The van der Waals surface area contributed by atoms with Gasteiger partial charge < -0.3 is 10.2 Å². The number of amides is 1. The Morgan fingerprint density at radius 1 is 1.38 bits per heavy atom. The predicted molar refractivity (Wildman–Crippen MR) is 67.9 cm³/mol. The molecule has 1 fully saturated rings. The first-order chi connectivity index (χ1) is 9.79. The molecule has 1 N–H and O–H groups in total. The van der Waals surface area contributed by atoms with Gasteiger partial charge in [-0.15, -0.1) is 0 Å². The molecule has 0 bridgehead atoms. The molecule has 114 valence electrons. The number of nitrogens with one attached hydrogen (secondary N) is 1. The van der Waals surface area contributed by atoms with Crippen molar-refractivity contribution in [2.24, 2.45) is 0 Å². The average molecular weight is 303 g/mol. The normalized spacial score (nSPS) is 18.6. The number of hydrogen-bond donors (Lipinski definition) is 1. The number of hydrogen-bond acceptors (Lipinski definition) is 4. The van der Waals surface area contributed by atoms with E-state index in [1.807, 2.05) is 5.32 Å². The highest BCUT2D eigenvalue weighted by molar-refractivity contribution is 5.82. The highest BCUT2D eigenvalue weighted by atomic mass is 19.4. The molecule has 1 aliphatic rings. The quantitative estimate of drug-likeness (QED) is 0.683. The number of benzene rings is 1. The van der Waals surface area contributed by atoms with Crippen LogP contribution in [0.15, 0.2) is 24.3 Å². The van der Waals surface area contributed by atoms with E-state index in [4.69, 9.17) is 0 Å². The Morgan fingerprint density at radius 2 is 2.05 bits per heavy atom. The zero-order valence-corrected chi connectivity index (χ0v) is 10.8. The van der Waals surface area contributed by atoms with Crippen LogP contribution in [0.2, 0.25) is 0 Å². The van der Waals surface area contributed by atoms with Gasteiger partial charge in [0, 0.05) is 25.2 Å². The summed E-state index contributed by atoms with van der Waals surface area (Å²) in [6, 6.07) is 5.31. The van der Waals surface area contributed by atoms with Crippen molar-refractivity contribution in [3.63, 3.8) is 0 Å². The van der Waals surface area contributed by atoms with E-state index in [9.17, 15) is 28.1 Å². The molecule has 0 saturated carbocycles. The van der Waals surface area contributed by atoms with Crippen LogP contribution in [-0.2, 0) is 4.79 Å². The van der Waals surface area contributed by atoms with Crippen LogP contribution < -0.4 is 10.2 Å². The highest BCUT2D eigenvalue weighted by Crippen LogP contribution is 2.30. The number of alkyl halides is 3. The summed E-state index contributed by atoms with van der Waals surface area (Å²) in [6.07, 6.45) is -4.62. The number of carbonyl (C=O) groups excluding carboxylic acids is 1. The number of nitrogens with zero attached hydrogens (tertiary/aromatic N) is 2. The molecule has 0 unspecified atom stereocenters. The second-order valence-electron chi connectivity index (χ2n) is 4.65. The summed E-state index contributed by atoms with van der Waals surface area (Å²) in [7, 11) is 0. The standard InChI is InChI=1S/C12H12F3N3O3/c13-12(14,15)11(19)16-8-5-6-17(7-8)9-3-1-2-4-10(9)18(20)21/h1-4,8H,5-7H2,(H,16,19)/t8-/m0/s1. The van der Waals surface area contributed by atoms with Crippen LogP contribution in [0.1, 0.15) is 6.42 Å². The van der Waals surface area contributed by atoms with Gasteiger partial charge in [0.2, 0.25) is 0 Å². The Balaban J connectivity index is 2.06. The summed E-state index contributed by atoms with van der Waals surface area (Å²) < 4.78 is 36.5. The van der Waals surface area contributed by atoms with E-state index in [1.165, 1.54) is 18.2 Å². The third-order valence-electron chi connectivity index (χ3n) is 3.20. The lowest BCUT2D eigenvalue weighted by Gasteiger charge is -2.19. The Hall–Kier alpha value is -2.32. The number of rotatable bonds is 3. The maximum Gasteiger partial charge on any atom is 0.471 e. The molecule has 1 aliphatic heterocycles. The molecule has 0 aliphatic carbocycles. The first kappa shape index (κ1) is 15.1. The third-order valence-corrected chi connectivity index (χ3v) is 3.20. The first-order valence-corrected chi connectivity index (χ1v) is 6.15. The fourth-order valence-electron chi connectivity index (χ4n) is 2.25. The molecule has 1 amide bonds. The fraction of sp³-hybridized carbons (Fsp3) is 0.417. The maximum absolute atomic E-state index is 12.2. The van der Waals surface area contributed by atoms with Gasteiger partial charge in [0.15, 0.2) is 0 Å². The van der Waals surface area contributed by atoms with Crippen LogP contribution >= 0.6 is 0 Å². The summed E-state index contributed by atoms with van der Waals surface area (Å²) in [6.45, 7) is 0.445. The minimum absolute atomic E-state index is 0.104. The van der Waals surface area contributed by atoms with Gasteiger partial charge in [0.25, 0.3) is 5.69 Å². The lowest BCUT2D eigenvalue weighted by molar-refractivity contribution is -0.384. The minimum Gasteiger partial charge on any atom is -0.364 e. The summed E-state index contributed by atoms with van der Waals surface area (Å²) in [5.41, 5.74) is 0.228. The molecule has 2 rings (SSSR count). The van der Waals surface area contributed by atoms with Crippen LogP contribution in [0.5, 0.6) is 0 Å². The SMILES string of the molecule is O=C(N[C@H]1CCN(c2ccccc2[N+](=O)[O-])C1)C(F)(F)F. The number of anilines is 1. The zero-order valence-electron chi connectivity index (χ0n) is 10.8. The van der Waals surface area contributed by atoms with Gasteiger partial charge in [0.1, 0.15) is 5.69 Å². The monoisotopic (exact) mass is 303 g/mol. The van der Waals surface area contributed by atoms with Crippen LogP contribution in [0, 0.1) is 10.1 Å². The third kappa shape index (κ3) is 3.41. The lowest BCUT2D eigenvalue weighted by Crippen LogP contribution is -2.44. The van der Waals surface area contributed by atoms with Crippen molar-refractivity contribution in [3.05, 3.63) is 34.4 Å².